The first-order valence-electron chi connectivity index (χ1n) is 6.16. The number of nitrogens with zero attached hydrogens (tertiary/aromatic N) is 3. The highest BCUT2D eigenvalue weighted by atomic mass is 16.3. The summed E-state index contributed by atoms with van der Waals surface area (Å²) >= 11 is 0. The summed E-state index contributed by atoms with van der Waals surface area (Å²) in [5, 5.41) is 17.1. The van der Waals surface area contributed by atoms with Crippen LogP contribution in [-0.2, 0) is 0 Å². The van der Waals surface area contributed by atoms with E-state index in [4.69, 9.17) is 0 Å². The van der Waals surface area contributed by atoms with Crippen LogP contribution in [0.25, 0.3) is 11.4 Å². The smallest absolute Gasteiger partial charge is 0.222 e. The van der Waals surface area contributed by atoms with Gasteiger partial charge in [-0.05, 0) is 44.5 Å². The van der Waals surface area contributed by atoms with Crippen LogP contribution in [0.1, 0.15) is 26.3 Å². The quantitative estimate of drug-likeness (QED) is 0.808. The second-order valence-electron chi connectivity index (χ2n) is 4.88. The molecule has 2 heterocycles. The number of anilines is 1. The van der Waals surface area contributed by atoms with Gasteiger partial charge in [0.25, 0.3) is 0 Å². The molecule has 0 fully saturated rings. The van der Waals surface area contributed by atoms with Crippen molar-refractivity contribution < 1.29 is 5.11 Å². The van der Waals surface area contributed by atoms with Gasteiger partial charge in [-0.2, -0.15) is 4.98 Å². The number of aromatic hydroxyl groups is 1. The van der Waals surface area contributed by atoms with E-state index in [1.807, 2.05) is 16.8 Å². The molecule has 0 aliphatic carbocycles. The minimum absolute atomic E-state index is 0.253. The molecular formula is C13H16N4O. The number of hydrogen-bond acceptors (Lipinski definition) is 4. The lowest BCUT2D eigenvalue weighted by Crippen LogP contribution is -2.29. The highest BCUT2D eigenvalue weighted by Gasteiger charge is 2.23. The van der Waals surface area contributed by atoms with Crippen LogP contribution in [0, 0.1) is 0 Å². The van der Waals surface area contributed by atoms with Crippen LogP contribution in [0.3, 0.4) is 0 Å². The maximum Gasteiger partial charge on any atom is 0.222 e. The monoisotopic (exact) mass is 244 g/mol. The van der Waals surface area contributed by atoms with E-state index in [1.54, 1.807) is 12.1 Å². The van der Waals surface area contributed by atoms with E-state index in [2.05, 4.69) is 29.2 Å². The molecule has 1 aromatic heterocycles. The molecule has 2 unspecified atom stereocenters. The third-order valence-electron chi connectivity index (χ3n) is 3.24. The Balaban J connectivity index is 2.00. The van der Waals surface area contributed by atoms with Gasteiger partial charge in [0.15, 0.2) is 5.82 Å². The predicted molar refractivity (Wildman–Crippen MR) is 69.5 cm³/mol. The van der Waals surface area contributed by atoms with E-state index in [0.717, 1.165) is 17.9 Å². The summed E-state index contributed by atoms with van der Waals surface area (Å²) in [5.41, 5.74) is 0.913. The Labute approximate surface area is 105 Å². The van der Waals surface area contributed by atoms with Gasteiger partial charge in [-0.3, -0.25) is 0 Å². The lowest BCUT2D eigenvalue weighted by molar-refractivity contribution is 0.412. The van der Waals surface area contributed by atoms with E-state index in [1.165, 1.54) is 0 Å². The van der Waals surface area contributed by atoms with Crippen molar-refractivity contribution in [1.29, 1.82) is 0 Å². The molecule has 18 heavy (non-hydrogen) atoms. The van der Waals surface area contributed by atoms with Gasteiger partial charge in [-0.1, -0.05) is 0 Å². The molecule has 2 N–H and O–H groups in total. The molecule has 0 spiro atoms. The molecule has 1 aromatic carbocycles. The molecule has 1 aliphatic heterocycles. The molecule has 0 saturated heterocycles. The summed E-state index contributed by atoms with van der Waals surface area (Å²) < 4.78 is 1.93. The maximum atomic E-state index is 9.28. The molecule has 94 valence electrons. The Morgan fingerprint density at radius 2 is 2.00 bits per heavy atom. The molecule has 0 amide bonds. The molecule has 2 atom stereocenters. The Morgan fingerprint density at radius 3 is 2.72 bits per heavy atom. The Morgan fingerprint density at radius 1 is 1.28 bits per heavy atom. The third kappa shape index (κ3) is 1.81. The van der Waals surface area contributed by atoms with Gasteiger partial charge in [0.05, 0.1) is 6.04 Å². The summed E-state index contributed by atoms with van der Waals surface area (Å²) in [6, 6.07) is 7.72. The first-order valence-corrected chi connectivity index (χ1v) is 6.16. The average molecular weight is 244 g/mol. The van der Waals surface area contributed by atoms with Crippen LogP contribution in [0.2, 0.25) is 0 Å². The molecule has 3 rings (SSSR count). The highest BCUT2D eigenvalue weighted by Crippen LogP contribution is 2.28. The number of phenols is 1. The number of hydrogen-bond donors (Lipinski definition) is 2. The van der Waals surface area contributed by atoms with Gasteiger partial charge in [-0.25, -0.2) is 4.68 Å². The van der Waals surface area contributed by atoms with Crippen molar-refractivity contribution in [2.75, 3.05) is 5.32 Å². The highest BCUT2D eigenvalue weighted by molar-refractivity contribution is 5.57. The van der Waals surface area contributed by atoms with Crippen LogP contribution >= 0.6 is 0 Å². The standard InChI is InChI=1S/C13H16N4O/c1-8-7-9(2)17-13(14-8)15-12(16-17)10-3-5-11(18)6-4-10/h3-6,8-9,18H,7H2,1-2H3,(H,14,15,16). The summed E-state index contributed by atoms with van der Waals surface area (Å²) in [4.78, 5) is 4.51. The van der Waals surface area contributed by atoms with Crippen LogP contribution in [0.5, 0.6) is 5.75 Å². The van der Waals surface area contributed by atoms with Gasteiger partial charge in [0, 0.05) is 11.6 Å². The zero-order valence-corrected chi connectivity index (χ0v) is 10.5. The van der Waals surface area contributed by atoms with E-state index in [-0.39, 0.29) is 5.75 Å². The number of nitrogens with one attached hydrogen (secondary N) is 1. The molecule has 5 heteroatoms. The van der Waals surface area contributed by atoms with Crippen molar-refractivity contribution in [3.8, 4) is 17.1 Å². The van der Waals surface area contributed by atoms with Crippen molar-refractivity contribution in [1.82, 2.24) is 14.8 Å². The van der Waals surface area contributed by atoms with Crippen LogP contribution < -0.4 is 5.32 Å². The van der Waals surface area contributed by atoms with Gasteiger partial charge in [-0.15, -0.1) is 5.10 Å². The van der Waals surface area contributed by atoms with Crippen molar-refractivity contribution >= 4 is 5.95 Å². The number of phenolic OH excluding ortho intramolecular Hbond substituents is 1. The summed E-state index contributed by atoms with van der Waals surface area (Å²) in [5.74, 6) is 1.77. The Kier molecular flexibility index (Phi) is 2.47. The first-order chi connectivity index (χ1) is 8.63. The normalized spacial score (nSPS) is 22.3. The van der Waals surface area contributed by atoms with Crippen molar-refractivity contribution in [2.45, 2.75) is 32.4 Å². The van der Waals surface area contributed by atoms with Crippen LogP contribution in [0.15, 0.2) is 24.3 Å². The fourth-order valence-corrected chi connectivity index (χ4v) is 2.35. The Hall–Kier alpha value is -2.04. The lowest BCUT2D eigenvalue weighted by Gasteiger charge is -2.26. The minimum atomic E-state index is 0.253. The predicted octanol–water partition coefficient (Wildman–Crippen LogP) is 2.42. The molecule has 2 aromatic rings. The topological polar surface area (TPSA) is 63.0 Å². The van der Waals surface area contributed by atoms with Crippen molar-refractivity contribution in [2.24, 2.45) is 0 Å². The Bertz CT molecular complexity index is 561. The summed E-state index contributed by atoms with van der Waals surface area (Å²) in [7, 11) is 0. The van der Waals surface area contributed by atoms with Gasteiger partial charge >= 0.3 is 0 Å². The van der Waals surface area contributed by atoms with E-state index >= 15 is 0 Å². The third-order valence-corrected chi connectivity index (χ3v) is 3.24. The van der Waals surface area contributed by atoms with E-state index < -0.39 is 0 Å². The van der Waals surface area contributed by atoms with Gasteiger partial charge < -0.3 is 10.4 Å². The number of benzene rings is 1. The SMILES string of the molecule is CC1CC(C)n2nc(-c3ccc(O)cc3)nc2N1. The van der Waals surface area contributed by atoms with Gasteiger partial charge in [0.1, 0.15) is 5.75 Å². The minimum Gasteiger partial charge on any atom is -0.508 e. The lowest BCUT2D eigenvalue weighted by atomic mass is 10.1. The molecular weight excluding hydrogens is 228 g/mol. The van der Waals surface area contributed by atoms with Crippen molar-refractivity contribution in [3.05, 3.63) is 24.3 Å². The number of rotatable bonds is 1. The maximum absolute atomic E-state index is 9.28. The van der Waals surface area contributed by atoms with E-state index in [0.29, 0.717) is 17.9 Å². The zero-order valence-electron chi connectivity index (χ0n) is 10.5. The summed E-state index contributed by atoms with van der Waals surface area (Å²) in [6.45, 7) is 4.30. The molecule has 0 bridgehead atoms. The fourth-order valence-electron chi connectivity index (χ4n) is 2.35. The van der Waals surface area contributed by atoms with Crippen LogP contribution in [0.4, 0.5) is 5.95 Å². The average Bonchev–Trinajstić information content (AvgIpc) is 2.74. The second kappa shape index (κ2) is 4.01. The van der Waals surface area contributed by atoms with Gasteiger partial charge in [0.2, 0.25) is 5.95 Å². The fraction of sp³-hybridized carbons (Fsp3) is 0.385. The van der Waals surface area contributed by atoms with Crippen molar-refractivity contribution in [3.63, 3.8) is 0 Å². The largest absolute Gasteiger partial charge is 0.508 e. The number of fused-ring (bicyclic) bond motifs is 1. The molecule has 0 radical (unpaired) electrons. The second-order valence-corrected chi connectivity index (χ2v) is 4.88. The molecule has 5 nitrogen and oxygen atoms in total. The zero-order chi connectivity index (χ0) is 12.7. The first kappa shape index (κ1) is 11.1. The molecule has 0 saturated carbocycles. The summed E-state index contributed by atoms with van der Waals surface area (Å²) in [6.07, 6.45) is 1.05. The van der Waals surface area contributed by atoms with Crippen LogP contribution in [-0.4, -0.2) is 25.9 Å². The van der Waals surface area contributed by atoms with E-state index in [9.17, 15) is 5.11 Å². The molecule has 1 aliphatic rings. The number of aromatic nitrogens is 3.